The lowest BCUT2D eigenvalue weighted by atomic mass is 10.2. The first-order valence-electron chi connectivity index (χ1n) is 8.68. The molecule has 1 atom stereocenters. The Hall–Kier alpha value is -3.39. The number of thioether (sulfide) groups is 1. The standard InChI is InChI=1S/C20H17N5O2S/c26-18(23-14-6-2-1-3-7-14)10-17-19(27)24-20(28-17)25-22-12-13-11-21-16-9-5-4-8-15(13)16/h1-9,11-12,17,21H,10H2,(H,23,26)(H,24,25,27)/b22-12-/t17-/m0/s1. The zero-order chi connectivity index (χ0) is 19.3. The van der Waals surface area contributed by atoms with Gasteiger partial charge in [0, 0.05) is 34.8 Å². The number of fused-ring (bicyclic) bond motifs is 1. The minimum Gasteiger partial charge on any atom is -0.361 e. The van der Waals surface area contributed by atoms with E-state index in [1.165, 1.54) is 11.8 Å². The molecule has 1 fully saturated rings. The molecule has 0 radical (unpaired) electrons. The number of para-hydroxylation sites is 2. The lowest BCUT2D eigenvalue weighted by molar-refractivity contribution is -0.122. The number of rotatable bonds is 5. The maximum Gasteiger partial charge on any atom is 0.240 e. The number of H-pyrrole nitrogens is 1. The average Bonchev–Trinajstić information content (AvgIpc) is 3.26. The van der Waals surface area contributed by atoms with Crippen LogP contribution in [0.1, 0.15) is 12.0 Å². The van der Waals surface area contributed by atoms with Crippen LogP contribution in [0.25, 0.3) is 10.9 Å². The predicted molar refractivity (Wildman–Crippen MR) is 113 cm³/mol. The summed E-state index contributed by atoms with van der Waals surface area (Å²) in [5.74, 6) is -0.461. The summed E-state index contributed by atoms with van der Waals surface area (Å²) in [6, 6.07) is 17.0. The normalized spacial score (nSPS) is 18.1. The maximum absolute atomic E-state index is 12.1. The number of aromatic amines is 1. The van der Waals surface area contributed by atoms with Crippen LogP contribution in [-0.4, -0.2) is 33.4 Å². The molecule has 2 amide bonds. The van der Waals surface area contributed by atoms with E-state index in [9.17, 15) is 9.59 Å². The summed E-state index contributed by atoms with van der Waals surface area (Å²) < 4.78 is 0. The Balaban J connectivity index is 1.36. The number of amides is 2. The van der Waals surface area contributed by atoms with Crippen LogP contribution in [0.5, 0.6) is 0 Å². The largest absolute Gasteiger partial charge is 0.361 e. The third kappa shape index (κ3) is 4.12. The summed E-state index contributed by atoms with van der Waals surface area (Å²) in [6.45, 7) is 0. The third-order valence-electron chi connectivity index (χ3n) is 4.17. The smallest absolute Gasteiger partial charge is 0.240 e. The molecule has 0 aliphatic carbocycles. The second-order valence-electron chi connectivity index (χ2n) is 6.15. The number of nitrogens with one attached hydrogen (secondary N) is 3. The van der Waals surface area contributed by atoms with Gasteiger partial charge in [-0.3, -0.25) is 9.59 Å². The molecule has 2 heterocycles. The number of hydrogen-bond acceptors (Lipinski definition) is 5. The minimum atomic E-state index is -0.522. The number of carbonyl (C=O) groups is 2. The van der Waals surface area contributed by atoms with Gasteiger partial charge < -0.3 is 15.6 Å². The number of amidine groups is 1. The van der Waals surface area contributed by atoms with Gasteiger partial charge in [-0.25, -0.2) is 0 Å². The SMILES string of the molecule is O=C(C[C@@H]1S/C(=N\N=C/c2c[nH]c3ccccc23)NC1=O)Nc1ccccc1. The van der Waals surface area contributed by atoms with Crippen LogP contribution >= 0.6 is 11.8 Å². The molecule has 0 bridgehead atoms. The Morgan fingerprint density at radius 2 is 1.93 bits per heavy atom. The van der Waals surface area contributed by atoms with Crippen LogP contribution in [0.3, 0.4) is 0 Å². The Bertz CT molecular complexity index is 1070. The van der Waals surface area contributed by atoms with E-state index in [0.717, 1.165) is 16.5 Å². The molecule has 3 aromatic rings. The van der Waals surface area contributed by atoms with E-state index in [2.05, 4.69) is 25.8 Å². The van der Waals surface area contributed by atoms with Crippen molar-refractivity contribution in [2.75, 3.05) is 5.32 Å². The molecule has 8 heteroatoms. The first-order valence-corrected chi connectivity index (χ1v) is 9.56. The quantitative estimate of drug-likeness (QED) is 0.460. The highest BCUT2D eigenvalue weighted by molar-refractivity contribution is 8.15. The molecular weight excluding hydrogens is 374 g/mol. The first kappa shape index (κ1) is 18.0. The molecule has 0 saturated carbocycles. The number of hydrogen-bond donors (Lipinski definition) is 3. The molecule has 7 nitrogen and oxygen atoms in total. The van der Waals surface area contributed by atoms with Crippen LogP contribution in [-0.2, 0) is 9.59 Å². The van der Waals surface area contributed by atoms with Crippen molar-refractivity contribution in [3.05, 3.63) is 66.4 Å². The molecule has 140 valence electrons. The van der Waals surface area contributed by atoms with Crippen molar-refractivity contribution in [3.63, 3.8) is 0 Å². The van der Waals surface area contributed by atoms with Gasteiger partial charge in [-0.1, -0.05) is 48.2 Å². The van der Waals surface area contributed by atoms with Gasteiger partial charge in [0.25, 0.3) is 0 Å². The third-order valence-corrected chi connectivity index (χ3v) is 5.24. The van der Waals surface area contributed by atoms with E-state index in [-0.39, 0.29) is 18.2 Å². The van der Waals surface area contributed by atoms with Crippen molar-refractivity contribution in [1.82, 2.24) is 10.3 Å². The van der Waals surface area contributed by atoms with Crippen molar-refractivity contribution in [3.8, 4) is 0 Å². The van der Waals surface area contributed by atoms with Gasteiger partial charge in [-0.05, 0) is 18.2 Å². The van der Waals surface area contributed by atoms with Gasteiger partial charge in [0.2, 0.25) is 11.8 Å². The molecule has 28 heavy (non-hydrogen) atoms. The maximum atomic E-state index is 12.1. The van der Waals surface area contributed by atoms with Crippen molar-refractivity contribution < 1.29 is 9.59 Å². The molecule has 1 saturated heterocycles. The predicted octanol–water partition coefficient (Wildman–Crippen LogP) is 3.12. The molecule has 2 aromatic carbocycles. The van der Waals surface area contributed by atoms with Gasteiger partial charge in [0.15, 0.2) is 5.17 Å². The Labute approximate surface area is 165 Å². The Morgan fingerprint density at radius 3 is 2.79 bits per heavy atom. The second kappa shape index (κ2) is 8.10. The molecule has 4 rings (SSSR count). The van der Waals surface area contributed by atoms with E-state index in [4.69, 9.17) is 0 Å². The molecule has 1 aromatic heterocycles. The van der Waals surface area contributed by atoms with E-state index in [1.807, 2.05) is 48.7 Å². The highest BCUT2D eigenvalue weighted by Crippen LogP contribution is 2.23. The lowest BCUT2D eigenvalue weighted by Crippen LogP contribution is -2.28. The van der Waals surface area contributed by atoms with Crippen LogP contribution < -0.4 is 10.6 Å². The summed E-state index contributed by atoms with van der Waals surface area (Å²) in [5.41, 5.74) is 2.63. The zero-order valence-electron chi connectivity index (χ0n) is 14.8. The summed E-state index contributed by atoms with van der Waals surface area (Å²) in [6.07, 6.45) is 3.55. The Morgan fingerprint density at radius 1 is 1.14 bits per heavy atom. The molecule has 3 N–H and O–H groups in total. The molecule has 0 spiro atoms. The fourth-order valence-corrected chi connectivity index (χ4v) is 3.76. The van der Waals surface area contributed by atoms with Crippen LogP contribution in [0.4, 0.5) is 5.69 Å². The molecule has 1 aliphatic heterocycles. The lowest BCUT2D eigenvalue weighted by Gasteiger charge is -2.06. The number of carbonyl (C=O) groups excluding carboxylic acids is 2. The van der Waals surface area contributed by atoms with E-state index < -0.39 is 5.25 Å². The van der Waals surface area contributed by atoms with Gasteiger partial charge in [-0.2, -0.15) is 5.10 Å². The summed E-state index contributed by atoms with van der Waals surface area (Å²) in [7, 11) is 0. The number of anilines is 1. The van der Waals surface area contributed by atoms with Gasteiger partial charge in [0.1, 0.15) is 5.25 Å². The minimum absolute atomic E-state index is 0.0660. The van der Waals surface area contributed by atoms with Crippen molar-refractivity contribution in [1.29, 1.82) is 0 Å². The van der Waals surface area contributed by atoms with Crippen LogP contribution in [0.2, 0.25) is 0 Å². The summed E-state index contributed by atoms with van der Waals surface area (Å²) in [4.78, 5) is 27.4. The summed E-state index contributed by atoms with van der Waals surface area (Å²) in [5, 5.41) is 14.5. The molecule has 0 unspecified atom stereocenters. The van der Waals surface area contributed by atoms with Crippen LogP contribution in [0.15, 0.2) is 71.0 Å². The number of nitrogens with zero attached hydrogens (tertiary/aromatic N) is 2. The van der Waals surface area contributed by atoms with Crippen molar-refractivity contribution in [2.24, 2.45) is 10.2 Å². The van der Waals surface area contributed by atoms with E-state index >= 15 is 0 Å². The van der Waals surface area contributed by atoms with Crippen LogP contribution in [0, 0.1) is 0 Å². The number of benzene rings is 2. The number of aromatic nitrogens is 1. The zero-order valence-corrected chi connectivity index (χ0v) is 15.6. The van der Waals surface area contributed by atoms with Gasteiger partial charge in [0.05, 0.1) is 6.21 Å². The average molecular weight is 391 g/mol. The van der Waals surface area contributed by atoms with Gasteiger partial charge >= 0.3 is 0 Å². The highest BCUT2D eigenvalue weighted by Gasteiger charge is 2.32. The Kier molecular flexibility index (Phi) is 5.20. The topological polar surface area (TPSA) is 98.7 Å². The highest BCUT2D eigenvalue weighted by atomic mass is 32.2. The molecule has 1 aliphatic rings. The first-order chi connectivity index (χ1) is 13.7. The molecular formula is C20H17N5O2S. The second-order valence-corrected chi connectivity index (χ2v) is 7.34. The van der Waals surface area contributed by atoms with E-state index in [0.29, 0.717) is 10.9 Å². The fourth-order valence-electron chi connectivity index (χ4n) is 2.83. The van der Waals surface area contributed by atoms with E-state index in [1.54, 1.807) is 18.3 Å². The monoisotopic (exact) mass is 391 g/mol. The van der Waals surface area contributed by atoms with Crippen molar-refractivity contribution in [2.45, 2.75) is 11.7 Å². The summed E-state index contributed by atoms with van der Waals surface area (Å²) >= 11 is 1.21. The van der Waals surface area contributed by atoms with Gasteiger partial charge in [-0.15, -0.1) is 5.10 Å². The van der Waals surface area contributed by atoms with Crippen molar-refractivity contribution >= 4 is 51.5 Å². The fraction of sp³-hybridized carbons (Fsp3) is 0.100.